The molecule has 0 amide bonds. The molecule has 2 heterocycles. The van der Waals surface area contributed by atoms with Gasteiger partial charge in [-0.3, -0.25) is 4.98 Å². The van der Waals surface area contributed by atoms with E-state index in [1.807, 2.05) is 48.7 Å². The van der Waals surface area contributed by atoms with Crippen LogP contribution < -0.4 is 0 Å². The number of aromatic nitrogens is 4. The lowest BCUT2D eigenvalue weighted by Crippen LogP contribution is -2.07. The maximum Gasteiger partial charge on any atom is 0.164 e. The Morgan fingerprint density at radius 2 is 0.914 bits per heavy atom. The summed E-state index contributed by atoms with van der Waals surface area (Å²) in [5, 5.41) is 3.76. The molecule has 7 aromatic carbocycles. The van der Waals surface area contributed by atoms with Crippen molar-refractivity contribution in [1.82, 2.24) is 19.9 Å². The lowest BCUT2D eigenvalue weighted by Gasteiger charge is -2.24. The topological polar surface area (TPSA) is 51.6 Å². The molecule has 0 saturated carbocycles. The zero-order chi connectivity index (χ0) is 38.4. The van der Waals surface area contributed by atoms with Crippen molar-refractivity contribution in [2.75, 3.05) is 0 Å². The summed E-state index contributed by atoms with van der Waals surface area (Å²) >= 11 is 0. The van der Waals surface area contributed by atoms with E-state index in [0.717, 1.165) is 86.7 Å². The van der Waals surface area contributed by atoms with Crippen molar-refractivity contribution in [3.63, 3.8) is 0 Å². The average molecular weight is 743 g/mol. The summed E-state index contributed by atoms with van der Waals surface area (Å²) < 4.78 is 0. The van der Waals surface area contributed by atoms with Crippen LogP contribution in [0.3, 0.4) is 0 Å². The van der Waals surface area contributed by atoms with E-state index in [2.05, 4.69) is 133 Å². The molecular weight excluding hydrogens is 705 g/mol. The van der Waals surface area contributed by atoms with Gasteiger partial charge < -0.3 is 0 Å². The fraction of sp³-hybridized carbons (Fsp3) is 0.0741. The first-order chi connectivity index (χ1) is 28.7. The third-order valence-electron chi connectivity index (χ3n) is 11.7. The number of nitrogens with zero attached hydrogens (tertiary/aromatic N) is 4. The Balaban J connectivity index is 1.14. The molecule has 0 saturated heterocycles. The Morgan fingerprint density at radius 1 is 0.379 bits per heavy atom. The molecule has 0 N–H and O–H groups in total. The number of hydrogen-bond acceptors (Lipinski definition) is 4. The smallest absolute Gasteiger partial charge is 0.164 e. The van der Waals surface area contributed by atoms with E-state index in [4.69, 9.17) is 19.9 Å². The Labute approximate surface area is 338 Å². The van der Waals surface area contributed by atoms with Gasteiger partial charge in [0.15, 0.2) is 17.5 Å². The van der Waals surface area contributed by atoms with Gasteiger partial charge in [0, 0.05) is 33.8 Å². The molecule has 58 heavy (non-hydrogen) atoms. The predicted molar refractivity (Wildman–Crippen MR) is 240 cm³/mol. The van der Waals surface area contributed by atoms with Crippen molar-refractivity contribution in [3.8, 4) is 67.5 Å². The summed E-state index contributed by atoms with van der Waals surface area (Å²) in [6, 6.07) is 53.5. The summed E-state index contributed by atoms with van der Waals surface area (Å²) in [5.74, 6) is 1.91. The highest BCUT2D eigenvalue weighted by molar-refractivity contribution is 6.02. The SMILES string of the molecule is C1=Cc2c(c3c(c4cc(-c5cc(-c6cccc(-c7cccc8cccnc78)c6)cc(-c6nc(-c7ccccc7)nc(-c7ccccc7)n6)c5)ccc24)C=CCC3)CC1. The second-order valence-corrected chi connectivity index (χ2v) is 15.2. The van der Waals surface area contributed by atoms with Crippen molar-refractivity contribution in [3.05, 3.63) is 192 Å². The third-order valence-corrected chi connectivity index (χ3v) is 11.7. The Hall–Kier alpha value is -7.30. The quantitative estimate of drug-likeness (QED) is 0.170. The maximum absolute atomic E-state index is 5.18. The number of pyridine rings is 1. The van der Waals surface area contributed by atoms with E-state index < -0.39 is 0 Å². The van der Waals surface area contributed by atoms with E-state index in [-0.39, 0.29) is 0 Å². The normalized spacial score (nSPS) is 13.1. The summed E-state index contributed by atoms with van der Waals surface area (Å²) in [7, 11) is 0. The highest BCUT2D eigenvalue weighted by Crippen LogP contribution is 2.41. The molecule has 0 radical (unpaired) electrons. The molecule has 0 spiro atoms. The van der Waals surface area contributed by atoms with Gasteiger partial charge >= 0.3 is 0 Å². The van der Waals surface area contributed by atoms with Crippen molar-refractivity contribution < 1.29 is 0 Å². The Kier molecular flexibility index (Phi) is 8.40. The van der Waals surface area contributed by atoms with Crippen LogP contribution >= 0.6 is 0 Å². The molecule has 0 atom stereocenters. The van der Waals surface area contributed by atoms with Crippen molar-refractivity contribution in [2.45, 2.75) is 25.7 Å². The molecule has 0 bridgehead atoms. The second kappa shape index (κ2) is 14.3. The van der Waals surface area contributed by atoms with Crippen LogP contribution in [0.25, 0.3) is 101 Å². The molecule has 274 valence electrons. The minimum Gasteiger partial charge on any atom is -0.256 e. The first kappa shape index (κ1) is 34.0. The van der Waals surface area contributed by atoms with Gasteiger partial charge in [0.2, 0.25) is 0 Å². The van der Waals surface area contributed by atoms with Crippen molar-refractivity contribution in [2.24, 2.45) is 0 Å². The largest absolute Gasteiger partial charge is 0.256 e. The van der Waals surface area contributed by atoms with E-state index in [9.17, 15) is 0 Å². The second-order valence-electron chi connectivity index (χ2n) is 15.2. The van der Waals surface area contributed by atoms with Crippen LogP contribution in [0.2, 0.25) is 0 Å². The molecule has 2 aromatic heterocycles. The first-order valence-electron chi connectivity index (χ1n) is 20.2. The minimum absolute atomic E-state index is 0.630. The fourth-order valence-corrected chi connectivity index (χ4v) is 8.87. The number of rotatable bonds is 6. The van der Waals surface area contributed by atoms with Crippen LogP contribution in [0.5, 0.6) is 0 Å². The highest BCUT2D eigenvalue weighted by atomic mass is 15.0. The molecule has 0 aliphatic heterocycles. The summed E-state index contributed by atoms with van der Waals surface area (Å²) in [6.45, 7) is 0. The maximum atomic E-state index is 5.18. The van der Waals surface area contributed by atoms with Crippen LogP contribution in [-0.2, 0) is 12.8 Å². The van der Waals surface area contributed by atoms with Gasteiger partial charge in [-0.15, -0.1) is 0 Å². The molecular formula is C54H38N4. The van der Waals surface area contributed by atoms with E-state index in [1.165, 1.54) is 33.0 Å². The third kappa shape index (κ3) is 6.11. The van der Waals surface area contributed by atoms with Gasteiger partial charge in [-0.25, -0.2) is 15.0 Å². The number of fused-ring (bicyclic) bond motifs is 7. The molecule has 4 nitrogen and oxygen atoms in total. The molecule has 2 aliphatic rings. The van der Waals surface area contributed by atoms with Gasteiger partial charge in [0.05, 0.1) is 5.52 Å². The van der Waals surface area contributed by atoms with Gasteiger partial charge in [0.1, 0.15) is 0 Å². The zero-order valence-electron chi connectivity index (χ0n) is 31.9. The molecule has 9 aromatic rings. The Bertz CT molecular complexity index is 3040. The number of allylic oxidation sites excluding steroid dienone is 2. The van der Waals surface area contributed by atoms with Crippen molar-refractivity contribution >= 4 is 33.8 Å². The minimum atomic E-state index is 0.630. The fourth-order valence-electron chi connectivity index (χ4n) is 8.87. The van der Waals surface area contributed by atoms with Crippen molar-refractivity contribution in [1.29, 1.82) is 0 Å². The first-order valence-corrected chi connectivity index (χ1v) is 20.2. The molecule has 0 fully saturated rings. The number of hydrogen-bond donors (Lipinski definition) is 0. The summed E-state index contributed by atoms with van der Waals surface area (Å²) in [5.41, 5.74) is 16.3. The molecule has 11 rings (SSSR count). The highest BCUT2D eigenvalue weighted by Gasteiger charge is 2.21. The molecule has 0 unspecified atom stereocenters. The lowest BCUT2D eigenvalue weighted by molar-refractivity contribution is 0.911. The standard InChI is InChI=1S/C54H38N4/c1-3-14-36(15-4-1)52-56-53(37-16-5-2-6-17-37)58-54(57-52)43-32-41(38-19-11-20-40(30-38)44-26-12-18-35-21-13-29-55-51(35)44)31-42(33-43)39-27-28-49-47-24-8-7-22-45(47)46-23-9-10-25-48(46)50(49)34-39/h1-6,8,10-21,24-34H,7,9,22-23H2. The molecule has 2 aliphatic carbocycles. The Morgan fingerprint density at radius 3 is 1.60 bits per heavy atom. The van der Waals surface area contributed by atoms with Crippen LogP contribution in [0, 0.1) is 0 Å². The number of para-hydroxylation sites is 1. The van der Waals surface area contributed by atoms with Crippen LogP contribution in [0.1, 0.15) is 35.1 Å². The van der Waals surface area contributed by atoms with Crippen LogP contribution in [-0.4, -0.2) is 19.9 Å². The van der Waals surface area contributed by atoms with Gasteiger partial charge in [-0.1, -0.05) is 140 Å². The van der Waals surface area contributed by atoms with Gasteiger partial charge in [-0.05, 0) is 123 Å². The zero-order valence-corrected chi connectivity index (χ0v) is 31.9. The van der Waals surface area contributed by atoms with Crippen LogP contribution in [0.4, 0.5) is 0 Å². The lowest BCUT2D eigenvalue weighted by atomic mass is 9.80. The van der Waals surface area contributed by atoms with Crippen LogP contribution in [0.15, 0.2) is 170 Å². The molecule has 4 heteroatoms. The summed E-state index contributed by atoms with van der Waals surface area (Å²) in [4.78, 5) is 20.1. The average Bonchev–Trinajstić information content (AvgIpc) is 3.31. The predicted octanol–water partition coefficient (Wildman–Crippen LogP) is 13.5. The summed E-state index contributed by atoms with van der Waals surface area (Å²) in [6.07, 6.45) is 15.7. The van der Waals surface area contributed by atoms with E-state index in [0.29, 0.717) is 17.5 Å². The van der Waals surface area contributed by atoms with E-state index in [1.54, 1.807) is 0 Å². The van der Waals surface area contributed by atoms with Gasteiger partial charge in [-0.2, -0.15) is 0 Å². The monoisotopic (exact) mass is 742 g/mol. The van der Waals surface area contributed by atoms with E-state index >= 15 is 0 Å². The van der Waals surface area contributed by atoms with Gasteiger partial charge in [0.25, 0.3) is 0 Å². The number of benzene rings is 7.